The number of piperazine rings is 1. The average Bonchev–Trinajstić information content (AvgIpc) is 2.68. The molecule has 0 saturated carbocycles. The SMILES string of the molecule is Cc1ccc(C(=O)N2CCN(c3cccc(C(F)(F)F)c3)CC2)cc1NS(C)(=O)=O. The minimum Gasteiger partial charge on any atom is -0.368 e. The molecular weight excluding hydrogens is 419 g/mol. The molecule has 0 unspecified atom stereocenters. The standard InChI is InChI=1S/C20H22F3N3O3S/c1-14-6-7-15(12-18(14)24-30(2,28)29)19(27)26-10-8-25(9-11-26)17-5-3-4-16(13-17)20(21,22)23/h3-7,12-13,24H,8-11H2,1-2H3. The van der Waals surface area contributed by atoms with E-state index < -0.39 is 21.8 Å². The Morgan fingerprint density at radius 1 is 1.03 bits per heavy atom. The number of alkyl halides is 3. The third-order valence-corrected chi connectivity index (χ3v) is 5.48. The lowest BCUT2D eigenvalue weighted by Gasteiger charge is -2.36. The van der Waals surface area contributed by atoms with E-state index in [0.29, 0.717) is 48.7 Å². The minimum absolute atomic E-state index is 0.254. The van der Waals surface area contributed by atoms with Gasteiger partial charge in [0.25, 0.3) is 5.91 Å². The molecule has 0 aromatic heterocycles. The third kappa shape index (κ3) is 5.24. The highest BCUT2D eigenvalue weighted by atomic mass is 32.2. The number of amides is 1. The fourth-order valence-electron chi connectivity index (χ4n) is 3.29. The van der Waals surface area contributed by atoms with Crippen molar-refractivity contribution < 1.29 is 26.4 Å². The van der Waals surface area contributed by atoms with Crippen LogP contribution in [0.2, 0.25) is 0 Å². The van der Waals surface area contributed by atoms with Gasteiger partial charge in [0.05, 0.1) is 17.5 Å². The van der Waals surface area contributed by atoms with E-state index in [2.05, 4.69) is 4.72 Å². The molecular formula is C20H22F3N3O3S. The summed E-state index contributed by atoms with van der Waals surface area (Å²) in [5, 5.41) is 0. The zero-order valence-electron chi connectivity index (χ0n) is 16.5. The molecule has 1 aliphatic rings. The molecule has 10 heteroatoms. The second kappa shape index (κ2) is 8.17. The van der Waals surface area contributed by atoms with E-state index in [1.165, 1.54) is 12.1 Å². The molecule has 162 valence electrons. The molecule has 1 amide bonds. The number of hydrogen-bond acceptors (Lipinski definition) is 4. The van der Waals surface area contributed by atoms with Gasteiger partial charge in [0, 0.05) is 37.4 Å². The van der Waals surface area contributed by atoms with Crippen LogP contribution >= 0.6 is 0 Å². The summed E-state index contributed by atoms with van der Waals surface area (Å²) in [6.07, 6.45) is -3.37. The number of anilines is 2. The van der Waals surface area contributed by atoms with Crippen LogP contribution in [0.4, 0.5) is 24.5 Å². The Morgan fingerprint density at radius 3 is 2.30 bits per heavy atom. The molecule has 0 atom stereocenters. The van der Waals surface area contributed by atoms with Crippen molar-refractivity contribution in [2.24, 2.45) is 0 Å². The Bertz CT molecular complexity index is 1050. The lowest BCUT2D eigenvalue weighted by Crippen LogP contribution is -2.48. The predicted octanol–water partition coefficient (Wildman–Crippen LogP) is 3.35. The number of nitrogens with one attached hydrogen (secondary N) is 1. The van der Waals surface area contributed by atoms with Gasteiger partial charge in [0.1, 0.15) is 0 Å². The first kappa shape index (κ1) is 21.9. The fraction of sp³-hybridized carbons (Fsp3) is 0.350. The third-order valence-electron chi connectivity index (χ3n) is 4.89. The topological polar surface area (TPSA) is 69.7 Å². The van der Waals surface area contributed by atoms with E-state index in [0.717, 1.165) is 18.4 Å². The number of rotatable bonds is 4. The number of carbonyl (C=O) groups is 1. The number of aryl methyl sites for hydroxylation is 1. The molecule has 2 aromatic rings. The van der Waals surface area contributed by atoms with Crippen LogP contribution in [0.1, 0.15) is 21.5 Å². The molecule has 0 spiro atoms. The summed E-state index contributed by atoms with van der Waals surface area (Å²) in [5.41, 5.74) is 1.13. The van der Waals surface area contributed by atoms with Crippen LogP contribution in [0.3, 0.4) is 0 Å². The molecule has 3 rings (SSSR count). The van der Waals surface area contributed by atoms with Gasteiger partial charge in [0.15, 0.2) is 0 Å². The molecule has 2 aromatic carbocycles. The molecule has 1 saturated heterocycles. The quantitative estimate of drug-likeness (QED) is 0.790. The van der Waals surface area contributed by atoms with Crippen LogP contribution in [0.15, 0.2) is 42.5 Å². The minimum atomic E-state index is -4.41. The van der Waals surface area contributed by atoms with Gasteiger partial charge in [-0.2, -0.15) is 13.2 Å². The maximum absolute atomic E-state index is 12.9. The second-order valence-electron chi connectivity index (χ2n) is 7.23. The van der Waals surface area contributed by atoms with Crippen molar-refractivity contribution in [2.45, 2.75) is 13.1 Å². The number of carbonyl (C=O) groups excluding carboxylic acids is 1. The molecule has 0 bridgehead atoms. The first-order chi connectivity index (χ1) is 13.9. The van der Waals surface area contributed by atoms with Crippen molar-refractivity contribution in [1.29, 1.82) is 0 Å². The molecule has 1 aliphatic heterocycles. The van der Waals surface area contributed by atoms with Crippen molar-refractivity contribution >= 4 is 27.3 Å². The lowest BCUT2D eigenvalue weighted by atomic mass is 10.1. The zero-order chi connectivity index (χ0) is 22.1. The van der Waals surface area contributed by atoms with Gasteiger partial charge in [0.2, 0.25) is 10.0 Å². The summed E-state index contributed by atoms with van der Waals surface area (Å²) < 4.78 is 64.2. The first-order valence-corrected chi connectivity index (χ1v) is 11.1. The predicted molar refractivity (Wildman–Crippen MR) is 109 cm³/mol. The first-order valence-electron chi connectivity index (χ1n) is 9.24. The Balaban J connectivity index is 1.70. The molecule has 30 heavy (non-hydrogen) atoms. The highest BCUT2D eigenvalue weighted by Gasteiger charge is 2.31. The van der Waals surface area contributed by atoms with Gasteiger partial charge in [-0.25, -0.2) is 8.42 Å². The summed E-state index contributed by atoms with van der Waals surface area (Å²) in [4.78, 5) is 16.3. The lowest BCUT2D eigenvalue weighted by molar-refractivity contribution is -0.137. The monoisotopic (exact) mass is 441 g/mol. The normalized spacial score (nSPS) is 15.2. The molecule has 6 nitrogen and oxygen atoms in total. The van der Waals surface area contributed by atoms with E-state index in [4.69, 9.17) is 0 Å². The molecule has 1 N–H and O–H groups in total. The highest BCUT2D eigenvalue weighted by molar-refractivity contribution is 7.92. The fourth-order valence-corrected chi connectivity index (χ4v) is 3.91. The van der Waals surface area contributed by atoms with Crippen LogP contribution < -0.4 is 9.62 Å². The summed E-state index contributed by atoms with van der Waals surface area (Å²) in [6.45, 7) is 3.21. The van der Waals surface area contributed by atoms with Crippen molar-refractivity contribution in [3.05, 3.63) is 59.2 Å². The Kier molecular flexibility index (Phi) is 5.98. The van der Waals surface area contributed by atoms with Crippen molar-refractivity contribution in [2.75, 3.05) is 42.1 Å². The second-order valence-corrected chi connectivity index (χ2v) is 8.98. The molecule has 1 heterocycles. The Labute approximate surface area is 173 Å². The van der Waals surface area contributed by atoms with Gasteiger partial charge < -0.3 is 9.80 Å². The van der Waals surface area contributed by atoms with E-state index in [9.17, 15) is 26.4 Å². The van der Waals surface area contributed by atoms with Crippen molar-refractivity contribution in [3.63, 3.8) is 0 Å². The summed E-state index contributed by atoms with van der Waals surface area (Å²) in [5.74, 6) is -0.254. The van der Waals surface area contributed by atoms with E-state index in [-0.39, 0.29) is 5.91 Å². The van der Waals surface area contributed by atoms with E-state index >= 15 is 0 Å². The van der Waals surface area contributed by atoms with E-state index in [1.807, 2.05) is 4.90 Å². The van der Waals surface area contributed by atoms with Crippen LogP contribution in [-0.4, -0.2) is 51.7 Å². The van der Waals surface area contributed by atoms with Gasteiger partial charge in [-0.1, -0.05) is 12.1 Å². The van der Waals surface area contributed by atoms with Crippen molar-refractivity contribution in [1.82, 2.24) is 4.90 Å². The maximum atomic E-state index is 12.9. The Morgan fingerprint density at radius 2 is 1.70 bits per heavy atom. The molecule has 0 radical (unpaired) electrons. The zero-order valence-corrected chi connectivity index (χ0v) is 17.3. The summed E-state index contributed by atoms with van der Waals surface area (Å²) in [6, 6.07) is 9.93. The molecule has 1 fully saturated rings. The van der Waals surface area contributed by atoms with Crippen LogP contribution in [0.5, 0.6) is 0 Å². The van der Waals surface area contributed by atoms with E-state index in [1.54, 1.807) is 30.0 Å². The van der Waals surface area contributed by atoms with Gasteiger partial charge >= 0.3 is 6.18 Å². The number of benzene rings is 2. The molecule has 0 aliphatic carbocycles. The number of halogens is 3. The maximum Gasteiger partial charge on any atom is 0.416 e. The highest BCUT2D eigenvalue weighted by Crippen LogP contribution is 2.32. The number of nitrogens with zero attached hydrogens (tertiary/aromatic N) is 2. The van der Waals surface area contributed by atoms with Gasteiger partial charge in [-0.3, -0.25) is 9.52 Å². The largest absolute Gasteiger partial charge is 0.416 e. The van der Waals surface area contributed by atoms with Crippen LogP contribution in [0.25, 0.3) is 0 Å². The smallest absolute Gasteiger partial charge is 0.368 e. The van der Waals surface area contributed by atoms with Gasteiger partial charge in [-0.05, 0) is 42.8 Å². The van der Waals surface area contributed by atoms with Crippen molar-refractivity contribution in [3.8, 4) is 0 Å². The Hall–Kier alpha value is -2.75. The van der Waals surface area contributed by atoms with Crippen LogP contribution in [0, 0.1) is 6.92 Å². The van der Waals surface area contributed by atoms with Crippen LogP contribution in [-0.2, 0) is 16.2 Å². The summed E-state index contributed by atoms with van der Waals surface area (Å²) in [7, 11) is -3.48. The summed E-state index contributed by atoms with van der Waals surface area (Å²) >= 11 is 0. The number of sulfonamides is 1. The van der Waals surface area contributed by atoms with Gasteiger partial charge in [-0.15, -0.1) is 0 Å². The number of hydrogen-bond donors (Lipinski definition) is 1. The average molecular weight is 441 g/mol.